The second kappa shape index (κ2) is 5.19. The van der Waals surface area contributed by atoms with Crippen LogP contribution in [0.15, 0.2) is 18.2 Å². The summed E-state index contributed by atoms with van der Waals surface area (Å²) in [6.45, 7) is 0. The van der Waals surface area contributed by atoms with Crippen LogP contribution in [-0.4, -0.2) is 30.0 Å². The Bertz CT molecular complexity index is 746. The van der Waals surface area contributed by atoms with Crippen LogP contribution in [0.25, 0.3) is 0 Å². The summed E-state index contributed by atoms with van der Waals surface area (Å²) >= 11 is 0. The monoisotopic (exact) mass is 332 g/mol. The number of esters is 1. The molecule has 1 amide bonds. The summed E-state index contributed by atoms with van der Waals surface area (Å²) in [5.41, 5.74) is -0.130. The predicted molar refractivity (Wildman–Crippen MR) is 81.4 cm³/mol. The molecule has 1 saturated heterocycles. The third kappa shape index (κ3) is 2.05. The van der Waals surface area contributed by atoms with Crippen LogP contribution >= 0.6 is 0 Å². The minimum absolute atomic E-state index is 0.0531. The van der Waals surface area contributed by atoms with E-state index in [1.807, 2.05) is 0 Å². The molecule has 1 aromatic rings. The number of nitrogens with one attached hydrogen (secondary N) is 1. The van der Waals surface area contributed by atoms with E-state index in [0.29, 0.717) is 12.2 Å². The van der Waals surface area contributed by atoms with Crippen molar-refractivity contribution in [2.45, 2.75) is 18.9 Å². The molecule has 4 rings (SSSR count). The van der Waals surface area contributed by atoms with Gasteiger partial charge in [0.1, 0.15) is 17.5 Å². The molecule has 3 aliphatic rings. The number of methoxy groups -OCH3 is 1. The number of fused-ring (bicyclic) bond motifs is 1. The molecule has 1 aromatic carbocycles. The quantitative estimate of drug-likeness (QED) is 0.511. The van der Waals surface area contributed by atoms with E-state index in [4.69, 9.17) is 9.47 Å². The van der Waals surface area contributed by atoms with Crippen molar-refractivity contribution in [3.8, 4) is 5.75 Å². The Labute approximate surface area is 137 Å². The summed E-state index contributed by atoms with van der Waals surface area (Å²) in [7, 11) is 1.44. The normalized spacial score (nSPS) is 32.5. The molecule has 2 saturated carbocycles. The van der Waals surface area contributed by atoms with Gasteiger partial charge in [-0.15, -0.1) is 0 Å². The number of carbonyl (C=O) groups excluding carboxylic acids is 2. The van der Waals surface area contributed by atoms with Crippen molar-refractivity contribution in [3.05, 3.63) is 28.3 Å². The van der Waals surface area contributed by atoms with Gasteiger partial charge in [0.25, 0.3) is 5.69 Å². The number of rotatable bonds is 4. The topological polar surface area (TPSA) is 108 Å². The van der Waals surface area contributed by atoms with Crippen LogP contribution in [0, 0.1) is 33.8 Å². The number of amides is 1. The van der Waals surface area contributed by atoms with Gasteiger partial charge in [0.2, 0.25) is 5.91 Å². The lowest BCUT2D eigenvalue weighted by atomic mass is 9.79. The van der Waals surface area contributed by atoms with E-state index in [1.54, 1.807) is 0 Å². The molecule has 8 heteroatoms. The standard InChI is InChI=1S/C16H16N2O6/c1-23-8-2-3-11(18(21)22)10(6-8)17-15(19)13-7-4-9-12(5-7)24-16(20)14(9)13/h2-3,6-7,9,12-14H,4-5H2,1H3,(H,17,19)/t7-,9-,12+,13-,14-/m0/s1. The maximum absolute atomic E-state index is 12.7. The first kappa shape index (κ1) is 14.9. The van der Waals surface area contributed by atoms with Gasteiger partial charge in [0.05, 0.1) is 23.9 Å². The van der Waals surface area contributed by atoms with Gasteiger partial charge in [0.15, 0.2) is 0 Å². The predicted octanol–water partition coefficient (Wildman–Crippen LogP) is 1.74. The minimum atomic E-state index is -0.560. The highest BCUT2D eigenvalue weighted by molar-refractivity contribution is 5.98. The molecule has 2 bridgehead atoms. The Balaban J connectivity index is 1.61. The molecule has 0 radical (unpaired) electrons. The molecule has 24 heavy (non-hydrogen) atoms. The smallest absolute Gasteiger partial charge is 0.310 e. The average Bonchev–Trinajstić information content (AvgIpc) is 3.16. The second-order valence-electron chi connectivity index (χ2n) is 6.55. The van der Waals surface area contributed by atoms with Crippen LogP contribution in [-0.2, 0) is 14.3 Å². The molecule has 126 valence electrons. The fourth-order valence-corrected chi connectivity index (χ4v) is 4.48. The summed E-state index contributed by atoms with van der Waals surface area (Å²) < 4.78 is 10.4. The number of hydrogen-bond acceptors (Lipinski definition) is 6. The minimum Gasteiger partial charge on any atom is -0.497 e. The highest BCUT2D eigenvalue weighted by atomic mass is 16.6. The fourth-order valence-electron chi connectivity index (χ4n) is 4.48. The lowest BCUT2D eigenvalue weighted by Gasteiger charge is -2.23. The van der Waals surface area contributed by atoms with Crippen molar-refractivity contribution in [2.24, 2.45) is 23.7 Å². The molecule has 1 aliphatic heterocycles. The van der Waals surface area contributed by atoms with Gasteiger partial charge in [-0.25, -0.2) is 0 Å². The number of nitro groups is 1. The first-order chi connectivity index (χ1) is 11.5. The third-order valence-corrected chi connectivity index (χ3v) is 5.44. The van der Waals surface area contributed by atoms with Gasteiger partial charge >= 0.3 is 5.97 Å². The van der Waals surface area contributed by atoms with Crippen molar-refractivity contribution < 1.29 is 24.0 Å². The molecule has 8 nitrogen and oxygen atoms in total. The molecule has 0 unspecified atom stereocenters. The number of benzene rings is 1. The van der Waals surface area contributed by atoms with Crippen LogP contribution in [0.2, 0.25) is 0 Å². The molecule has 2 aliphatic carbocycles. The SMILES string of the molecule is COc1ccc([N+](=O)[O-])c(NC(=O)[C@H]2[C@H]3C[C@@H]4[C@@H]2C(=O)O[C@@H]4C3)c1. The summed E-state index contributed by atoms with van der Waals surface area (Å²) in [5.74, 6) is -0.958. The van der Waals surface area contributed by atoms with Crippen molar-refractivity contribution in [2.75, 3.05) is 12.4 Å². The third-order valence-electron chi connectivity index (χ3n) is 5.44. The van der Waals surface area contributed by atoms with Crippen LogP contribution in [0.3, 0.4) is 0 Å². The Morgan fingerprint density at radius 1 is 1.42 bits per heavy atom. The highest BCUT2D eigenvalue weighted by Gasteiger charge is 2.63. The summed E-state index contributed by atoms with van der Waals surface area (Å²) in [6.07, 6.45) is 1.45. The largest absolute Gasteiger partial charge is 0.497 e. The molecular formula is C16H16N2O6. The van der Waals surface area contributed by atoms with Crippen LogP contribution < -0.4 is 10.1 Å². The Kier molecular flexibility index (Phi) is 3.22. The maximum Gasteiger partial charge on any atom is 0.310 e. The van der Waals surface area contributed by atoms with Gasteiger partial charge < -0.3 is 14.8 Å². The first-order valence-corrected chi connectivity index (χ1v) is 7.83. The number of ether oxygens (including phenoxy) is 2. The van der Waals surface area contributed by atoms with Crippen molar-refractivity contribution in [1.29, 1.82) is 0 Å². The van der Waals surface area contributed by atoms with E-state index in [0.717, 1.165) is 6.42 Å². The Morgan fingerprint density at radius 3 is 2.92 bits per heavy atom. The van der Waals surface area contributed by atoms with E-state index in [2.05, 4.69) is 5.32 Å². The zero-order valence-corrected chi connectivity index (χ0v) is 12.9. The molecule has 1 heterocycles. The molecule has 0 spiro atoms. The lowest BCUT2D eigenvalue weighted by molar-refractivity contribution is -0.384. The number of nitrogens with zero attached hydrogens (tertiary/aromatic N) is 1. The van der Waals surface area contributed by atoms with E-state index >= 15 is 0 Å². The maximum atomic E-state index is 12.7. The van der Waals surface area contributed by atoms with Crippen LogP contribution in [0.5, 0.6) is 5.75 Å². The first-order valence-electron chi connectivity index (χ1n) is 7.83. The lowest BCUT2D eigenvalue weighted by Crippen LogP contribution is -2.36. The van der Waals surface area contributed by atoms with Gasteiger partial charge in [-0.3, -0.25) is 19.7 Å². The van der Waals surface area contributed by atoms with Crippen molar-refractivity contribution >= 4 is 23.3 Å². The van der Waals surface area contributed by atoms with E-state index in [1.165, 1.54) is 25.3 Å². The summed E-state index contributed by atoms with van der Waals surface area (Å²) in [5, 5.41) is 13.8. The van der Waals surface area contributed by atoms with Gasteiger partial charge in [-0.2, -0.15) is 0 Å². The van der Waals surface area contributed by atoms with Crippen molar-refractivity contribution in [1.82, 2.24) is 0 Å². The van der Waals surface area contributed by atoms with Gasteiger partial charge in [-0.1, -0.05) is 0 Å². The molecule has 1 N–H and O–H groups in total. The summed E-state index contributed by atoms with van der Waals surface area (Å²) in [4.78, 5) is 35.3. The molecule has 0 aromatic heterocycles. The van der Waals surface area contributed by atoms with Gasteiger partial charge in [-0.05, 0) is 24.8 Å². The zero-order chi connectivity index (χ0) is 17.0. The zero-order valence-electron chi connectivity index (χ0n) is 12.9. The van der Waals surface area contributed by atoms with E-state index < -0.39 is 16.8 Å². The molecule has 3 fully saturated rings. The second-order valence-corrected chi connectivity index (χ2v) is 6.55. The van der Waals surface area contributed by atoms with Crippen LogP contribution in [0.1, 0.15) is 12.8 Å². The highest BCUT2D eigenvalue weighted by Crippen LogP contribution is 2.57. The van der Waals surface area contributed by atoms with E-state index in [9.17, 15) is 19.7 Å². The number of nitro benzene ring substituents is 1. The number of carbonyl (C=O) groups is 2. The molecule has 5 atom stereocenters. The molecular weight excluding hydrogens is 316 g/mol. The average molecular weight is 332 g/mol. The Morgan fingerprint density at radius 2 is 2.21 bits per heavy atom. The van der Waals surface area contributed by atoms with Gasteiger partial charge in [0, 0.05) is 18.1 Å². The summed E-state index contributed by atoms with van der Waals surface area (Å²) in [6, 6.07) is 4.17. The van der Waals surface area contributed by atoms with Crippen molar-refractivity contribution in [3.63, 3.8) is 0 Å². The Hall–Kier alpha value is -2.64. The number of anilines is 1. The van der Waals surface area contributed by atoms with E-state index in [-0.39, 0.29) is 41.2 Å². The number of hydrogen-bond donors (Lipinski definition) is 1. The fraction of sp³-hybridized carbons (Fsp3) is 0.500. The van der Waals surface area contributed by atoms with Crippen LogP contribution in [0.4, 0.5) is 11.4 Å².